The summed E-state index contributed by atoms with van der Waals surface area (Å²) in [6.45, 7) is 3.08. The Morgan fingerprint density at radius 3 is 2.49 bits per heavy atom. The van der Waals surface area contributed by atoms with Gasteiger partial charge in [-0.15, -0.1) is 0 Å². The van der Waals surface area contributed by atoms with E-state index in [1.165, 1.54) is 13.1 Å². The lowest BCUT2D eigenvalue weighted by molar-refractivity contribution is -0.168. The molecule has 0 aromatic carbocycles. The standard InChI is InChI=1S/C22H26F5N7O3/c1-12(31-14-9-30-32-20(35)18(14)22(25,26)27)11-37-16-4-7-34(21(16)36)13-2-5-33(6-3-13)17-10-28-15(8-29-17)19(23)24/h8-10,12-13,16,18-19H,2-7,11H2,1H3,(H,32,35)/t12-,16+,18?/m0/s1. The number of nitrogens with zero attached hydrogens (tertiary/aromatic N) is 6. The third-order valence-corrected chi connectivity index (χ3v) is 6.47. The van der Waals surface area contributed by atoms with Crippen molar-refractivity contribution in [3.05, 3.63) is 18.1 Å². The van der Waals surface area contributed by atoms with Gasteiger partial charge in [0.1, 0.15) is 17.6 Å². The number of hydrogen-bond donors (Lipinski definition) is 1. The van der Waals surface area contributed by atoms with Gasteiger partial charge in [0.2, 0.25) is 0 Å². The summed E-state index contributed by atoms with van der Waals surface area (Å²) in [5.41, 5.74) is 0.899. The summed E-state index contributed by atoms with van der Waals surface area (Å²) in [6.07, 6.45) is -3.23. The number of rotatable bonds is 7. The van der Waals surface area contributed by atoms with Gasteiger partial charge in [-0.1, -0.05) is 0 Å². The van der Waals surface area contributed by atoms with Crippen LogP contribution >= 0.6 is 0 Å². The number of likely N-dealkylation sites (tertiary alicyclic amines) is 1. The first kappa shape index (κ1) is 26.8. The Morgan fingerprint density at radius 2 is 1.86 bits per heavy atom. The minimum absolute atomic E-state index is 0.0205. The number of amides is 2. The second-order valence-electron chi connectivity index (χ2n) is 9.07. The highest BCUT2D eigenvalue weighted by molar-refractivity contribution is 6.37. The third-order valence-electron chi connectivity index (χ3n) is 6.47. The van der Waals surface area contributed by atoms with E-state index in [-0.39, 0.29) is 24.2 Å². The fourth-order valence-electron chi connectivity index (χ4n) is 4.61. The van der Waals surface area contributed by atoms with Crippen LogP contribution in [0.5, 0.6) is 0 Å². The highest BCUT2D eigenvalue weighted by atomic mass is 19.4. The molecule has 1 unspecified atom stereocenters. The van der Waals surface area contributed by atoms with Crippen LogP contribution in [-0.2, 0) is 14.3 Å². The van der Waals surface area contributed by atoms with E-state index in [1.54, 1.807) is 10.3 Å². The van der Waals surface area contributed by atoms with E-state index >= 15 is 0 Å². The zero-order valence-corrected chi connectivity index (χ0v) is 19.9. The lowest BCUT2D eigenvalue weighted by Gasteiger charge is -2.37. The summed E-state index contributed by atoms with van der Waals surface area (Å²) in [6, 6.07) is -0.757. The second-order valence-corrected chi connectivity index (χ2v) is 9.07. The number of carbonyl (C=O) groups excluding carboxylic acids is 2. The third kappa shape index (κ3) is 6.19. The first-order valence-electron chi connectivity index (χ1n) is 11.8. The molecule has 37 heavy (non-hydrogen) atoms. The van der Waals surface area contributed by atoms with Crippen LogP contribution in [0, 0.1) is 5.92 Å². The van der Waals surface area contributed by atoms with Crippen LogP contribution in [-0.4, -0.2) is 89.2 Å². The van der Waals surface area contributed by atoms with Gasteiger partial charge in [-0.25, -0.2) is 24.2 Å². The smallest absolute Gasteiger partial charge is 0.366 e. The monoisotopic (exact) mass is 531 g/mol. The van der Waals surface area contributed by atoms with Gasteiger partial charge in [-0.3, -0.25) is 14.6 Å². The molecule has 4 heterocycles. The number of piperidine rings is 1. The van der Waals surface area contributed by atoms with Crippen molar-refractivity contribution in [2.45, 2.75) is 57.0 Å². The number of hydrogen-bond acceptors (Lipinski definition) is 8. The molecule has 3 aliphatic heterocycles. The molecule has 202 valence electrons. The van der Waals surface area contributed by atoms with Gasteiger partial charge in [0.15, 0.2) is 5.92 Å². The van der Waals surface area contributed by atoms with Gasteiger partial charge < -0.3 is 14.5 Å². The molecule has 4 rings (SSSR count). The molecule has 10 nitrogen and oxygen atoms in total. The van der Waals surface area contributed by atoms with Crippen molar-refractivity contribution in [3.8, 4) is 0 Å². The van der Waals surface area contributed by atoms with Crippen LogP contribution in [0.2, 0.25) is 0 Å². The summed E-state index contributed by atoms with van der Waals surface area (Å²) < 4.78 is 70.8. The van der Waals surface area contributed by atoms with Crippen LogP contribution in [0.15, 0.2) is 22.5 Å². The molecule has 3 aliphatic rings. The zero-order chi connectivity index (χ0) is 26.7. The van der Waals surface area contributed by atoms with Crippen molar-refractivity contribution in [2.24, 2.45) is 16.0 Å². The van der Waals surface area contributed by atoms with Gasteiger partial charge in [0.25, 0.3) is 18.2 Å². The molecule has 1 N–H and O–H groups in total. The molecule has 1 aromatic heterocycles. The van der Waals surface area contributed by atoms with Crippen LogP contribution in [0.25, 0.3) is 0 Å². The lowest BCUT2D eigenvalue weighted by atomic mass is 10.0. The number of anilines is 1. The van der Waals surface area contributed by atoms with Crippen LogP contribution < -0.4 is 10.3 Å². The first-order valence-corrected chi connectivity index (χ1v) is 11.8. The van der Waals surface area contributed by atoms with E-state index in [2.05, 4.69) is 20.1 Å². The van der Waals surface area contributed by atoms with Gasteiger partial charge in [0, 0.05) is 32.1 Å². The van der Waals surface area contributed by atoms with E-state index < -0.39 is 42.3 Å². The predicted molar refractivity (Wildman–Crippen MR) is 121 cm³/mol. The summed E-state index contributed by atoms with van der Waals surface area (Å²) in [5, 5.41) is 3.41. The number of aliphatic imine (C=N–C) groups is 1. The molecule has 0 radical (unpaired) electrons. The van der Waals surface area contributed by atoms with Gasteiger partial charge in [-0.05, 0) is 19.8 Å². The molecule has 2 amide bonds. The van der Waals surface area contributed by atoms with Crippen LogP contribution in [0.4, 0.5) is 27.8 Å². The number of carbonyl (C=O) groups is 2. The van der Waals surface area contributed by atoms with E-state index in [0.717, 1.165) is 12.4 Å². The molecule has 0 saturated carbocycles. The van der Waals surface area contributed by atoms with E-state index in [0.29, 0.717) is 44.7 Å². The molecule has 2 saturated heterocycles. The van der Waals surface area contributed by atoms with E-state index in [1.807, 2.05) is 4.90 Å². The van der Waals surface area contributed by atoms with E-state index in [4.69, 9.17) is 4.74 Å². The van der Waals surface area contributed by atoms with Crippen molar-refractivity contribution < 1.29 is 36.3 Å². The Labute approximate surface area is 209 Å². The maximum atomic E-state index is 13.2. The van der Waals surface area contributed by atoms with Crippen molar-refractivity contribution in [2.75, 3.05) is 31.1 Å². The predicted octanol–water partition coefficient (Wildman–Crippen LogP) is 2.12. The number of aromatic nitrogens is 2. The Bertz CT molecular complexity index is 1040. The molecular weight excluding hydrogens is 505 g/mol. The maximum absolute atomic E-state index is 13.2. The molecule has 1 aromatic rings. The summed E-state index contributed by atoms with van der Waals surface area (Å²) in [4.78, 5) is 40.0. The number of halogens is 5. The Morgan fingerprint density at radius 1 is 1.14 bits per heavy atom. The van der Waals surface area contributed by atoms with Gasteiger partial charge >= 0.3 is 6.18 Å². The van der Waals surface area contributed by atoms with Gasteiger partial charge in [0.05, 0.1) is 37.0 Å². The van der Waals surface area contributed by atoms with Crippen LogP contribution in [0.3, 0.4) is 0 Å². The van der Waals surface area contributed by atoms with E-state index in [9.17, 15) is 31.5 Å². The first-order chi connectivity index (χ1) is 17.5. The summed E-state index contributed by atoms with van der Waals surface area (Å²) in [5.74, 6) is -3.39. The Hall–Kier alpha value is -3.23. The molecule has 15 heteroatoms. The van der Waals surface area contributed by atoms with Crippen LogP contribution in [0.1, 0.15) is 38.3 Å². The largest absolute Gasteiger partial charge is 0.406 e. The highest BCUT2D eigenvalue weighted by Gasteiger charge is 2.49. The number of ether oxygens (including phenoxy) is 1. The second kappa shape index (κ2) is 11.0. The topological polar surface area (TPSA) is 112 Å². The lowest BCUT2D eigenvalue weighted by Crippen LogP contribution is -2.47. The molecule has 2 fully saturated rings. The minimum Gasteiger partial charge on any atom is -0.366 e. The molecule has 3 atom stereocenters. The fourth-order valence-corrected chi connectivity index (χ4v) is 4.61. The maximum Gasteiger partial charge on any atom is 0.406 e. The number of hydrazone groups is 1. The number of alkyl halides is 5. The Kier molecular flexibility index (Phi) is 7.99. The van der Waals surface area contributed by atoms with Crippen molar-refractivity contribution in [1.82, 2.24) is 20.3 Å². The average molecular weight is 531 g/mol. The van der Waals surface area contributed by atoms with Crippen molar-refractivity contribution >= 4 is 29.6 Å². The average Bonchev–Trinajstić information content (AvgIpc) is 3.22. The Balaban J connectivity index is 1.27. The highest BCUT2D eigenvalue weighted by Crippen LogP contribution is 2.29. The summed E-state index contributed by atoms with van der Waals surface area (Å²) >= 11 is 0. The quantitative estimate of drug-likeness (QED) is 0.540. The molecule has 0 aliphatic carbocycles. The molecular formula is C22H26F5N7O3. The van der Waals surface area contributed by atoms with Crippen molar-refractivity contribution in [1.29, 1.82) is 0 Å². The minimum atomic E-state index is -4.81. The molecule has 0 spiro atoms. The summed E-state index contributed by atoms with van der Waals surface area (Å²) in [7, 11) is 0. The van der Waals surface area contributed by atoms with Gasteiger partial charge in [-0.2, -0.15) is 18.3 Å². The normalized spacial score (nSPS) is 25.3. The van der Waals surface area contributed by atoms with Crippen molar-refractivity contribution in [3.63, 3.8) is 0 Å². The zero-order valence-electron chi connectivity index (χ0n) is 19.9. The number of nitrogens with one attached hydrogen (secondary N) is 1. The fraction of sp³-hybridized carbons (Fsp3) is 0.636. The molecule has 0 bridgehead atoms. The SMILES string of the molecule is C[C@@H](CO[C@@H]1CCN(C2CCN(c3cnc(C(F)F)cn3)CC2)C1=O)N=C1C=NNC(=O)C1C(F)(F)F.